The third-order valence-electron chi connectivity index (χ3n) is 3.37. The van der Waals surface area contributed by atoms with Crippen molar-refractivity contribution in [3.8, 4) is 0 Å². The van der Waals surface area contributed by atoms with Crippen LogP contribution in [0.5, 0.6) is 0 Å². The van der Waals surface area contributed by atoms with Gasteiger partial charge in [-0.3, -0.25) is 4.79 Å². The highest BCUT2D eigenvalue weighted by Crippen LogP contribution is 2.10. The van der Waals surface area contributed by atoms with E-state index in [-0.39, 0.29) is 5.91 Å². The Morgan fingerprint density at radius 2 is 1.94 bits per heavy atom. The highest BCUT2D eigenvalue weighted by Gasteiger charge is 2.28. The van der Waals surface area contributed by atoms with Gasteiger partial charge in [-0.1, -0.05) is 37.3 Å². The van der Waals surface area contributed by atoms with Gasteiger partial charge in [-0.2, -0.15) is 0 Å². The number of rotatable bonds is 6. The number of likely N-dealkylation sites (N-methyl/N-ethyl adjacent to an activating group) is 1. The van der Waals surface area contributed by atoms with Gasteiger partial charge in [-0.15, -0.1) is 0 Å². The molecule has 1 rings (SSSR count). The molecule has 1 unspecified atom stereocenters. The van der Waals surface area contributed by atoms with Gasteiger partial charge >= 0.3 is 0 Å². The van der Waals surface area contributed by atoms with Gasteiger partial charge < -0.3 is 10.6 Å². The molecule has 0 aliphatic heterocycles. The monoisotopic (exact) mass is 248 g/mol. The van der Waals surface area contributed by atoms with Gasteiger partial charge in [0.2, 0.25) is 5.91 Å². The second kappa shape index (κ2) is 6.55. The molecule has 0 fully saturated rings. The quantitative estimate of drug-likeness (QED) is 0.839. The van der Waals surface area contributed by atoms with Crippen LogP contribution in [0.2, 0.25) is 0 Å². The van der Waals surface area contributed by atoms with Crippen LogP contribution >= 0.6 is 0 Å². The third-order valence-corrected chi connectivity index (χ3v) is 3.37. The van der Waals surface area contributed by atoms with E-state index in [9.17, 15) is 4.79 Å². The first-order valence-electron chi connectivity index (χ1n) is 6.55. The average molecular weight is 248 g/mol. The molecule has 0 saturated heterocycles. The van der Waals surface area contributed by atoms with Gasteiger partial charge in [0.05, 0.1) is 5.54 Å². The van der Waals surface area contributed by atoms with Crippen LogP contribution in [0.15, 0.2) is 30.3 Å². The van der Waals surface area contributed by atoms with E-state index in [1.54, 1.807) is 11.8 Å². The maximum Gasteiger partial charge on any atom is 0.242 e. The Labute approximate surface area is 110 Å². The van der Waals surface area contributed by atoms with Crippen molar-refractivity contribution in [1.29, 1.82) is 0 Å². The van der Waals surface area contributed by atoms with E-state index in [1.807, 2.05) is 32.2 Å². The van der Waals surface area contributed by atoms with Crippen LogP contribution in [-0.2, 0) is 11.2 Å². The van der Waals surface area contributed by atoms with Crippen molar-refractivity contribution in [3.63, 3.8) is 0 Å². The summed E-state index contributed by atoms with van der Waals surface area (Å²) in [5, 5.41) is 0. The third kappa shape index (κ3) is 4.15. The summed E-state index contributed by atoms with van der Waals surface area (Å²) < 4.78 is 0. The number of hydrogen-bond acceptors (Lipinski definition) is 2. The number of amides is 1. The maximum atomic E-state index is 12.0. The lowest BCUT2D eigenvalue weighted by Crippen LogP contribution is -2.51. The average Bonchev–Trinajstić information content (AvgIpc) is 2.39. The Bertz CT molecular complexity index is 373. The zero-order valence-corrected chi connectivity index (χ0v) is 11.6. The Morgan fingerprint density at radius 1 is 1.33 bits per heavy atom. The zero-order valence-electron chi connectivity index (χ0n) is 11.6. The van der Waals surface area contributed by atoms with E-state index in [0.29, 0.717) is 6.42 Å². The molecule has 1 aromatic rings. The van der Waals surface area contributed by atoms with Crippen LogP contribution in [0.25, 0.3) is 0 Å². The summed E-state index contributed by atoms with van der Waals surface area (Å²) in [4.78, 5) is 13.8. The zero-order chi connectivity index (χ0) is 13.6. The van der Waals surface area contributed by atoms with Crippen molar-refractivity contribution < 1.29 is 4.79 Å². The second-order valence-electron chi connectivity index (χ2n) is 5.09. The Morgan fingerprint density at radius 3 is 2.50 bits per heavy atom. The molecule has 0 spiro atoms. The first-order chi connectivity index (χ1) is 8.47. The molecule has 2 N–H and O–H groups in total. The van der Waals surface area contributed by atoms with Gasteiger partial charge in [0.25, 0.3) is 0 Å². The van der Waals surface area contributed by atoms with Crippen LogP contribution in [0.1, 0.15) is 32.3 Å². The van der Waals surface area contributed by atoms with Gasteiger partial charge in [0, 0.05) is 13.6 Å². The number of hydrogen-bond donors (Lipinski definition) is 1. The summed E-state index contributed by atoms with van der Waals surface area (Å²) in [6.07, 6.45) is 2.62. The van der Waals surface area contributed by atoms with Gasteiger partial charge in [-0.25, -0.2) is 0 Å². The molecule has 100 valence electrons. The minimum absolute atomic E-state index is 0.0260. The van der Waals surface area contributed by atoms with Crippen molar-refractivity contribution >= 4 is 5.91 Å². The molecule has 1 aromatic carbocycles. The van der Waals surface area contributed by atoms with E-state index < -0.39 is 5.54 Å². The fourth-order valence-electron chi connectivity index (χ4n) is 1.85. The molecule has 0 heterocycles. The summed E-state index contributed by atoms with van der Waals surface area (Å²) in [6, 6.07) is 10.3. The topological polar surface area (TPSA) is 46.3 Å². The fraction of sp³-hybridized carbons (Fsp3) is 0.533. The molecule has 1 amide bonds. The Hall–Kier alpha value is -1.35. The molecular weight excluding hydrogens is 224 g/mol. The van der Waals surface area contributed by atoms with Crippen LogP contribution in [0, 0.1) is 0 Å². The van der Waals surface area contributed by atoms with Gasteiger partial charge in [0.15, 0.2) is 0 Å². The number of carbonyl (C=O) groups excluding carboxylic acids is 1. The molecule has 3 heteroatoms. The number of nitrogens with two attached hydrogens (primary N) is 1. The normalized spacial score (nSPS) is 14.0. The minimum atomic E-state index is -0.735. The molecule has 1 atom stereocenters. The number of carbonyl (C=O) groups is 1. The summed E-state index contributed by atoms with van der Waals surface area (Å²) in [6.45, 7) is 4.49. The summed E-state index contributed by atoms with van der Waals surface area (Å²) in [7, 11) is 1.83. The second-order valence-corrected chi connectivity index (χ2v) is 5.09. The van der Waals surface area contributed by atoms with E-state index in [0.717, 1.165) is 19.4 Å². The smallest absolute Gasteiger partial charge is 0.242 e. The summed E-state index contributed by atoms with van der Waals surface area (Å²) in [5.41, 5.74) is 6.53. The highest BCUT2D eigenvalue weighted by molar-refractivity contribution is 5.85. The maximum absolute atomic E-state index is 12.0. The van der Waals surface area contributed by atoms with Crippen LogP contribution in [0.3, 0.4) is 0 Å². The summed E-state index contributed by atoms with van der Waals surface area (Å²) in [5.74, 6) is 0.0260. The molecule has 0 bridgehead atoms. The predicted molar refractivity (Wildman–Crippen MR) is 75.3 cm³/mol. The molecular formula is C15H24N2O. The molecule has 0 aromatic heterocycles. The first-order valence-corrected chi connectivity index (χ1v) is 6.55. The largest absolute Gasteiger partial charge is 0.344 e. The molecule has 18 heavy (non-hydrogen) atoms. The summed E-state index contributed by atoms with van der Waals surface area (Å²) >= 11 is 0. The van der Waals surface area contributed by atoms with Crippen molar-refractivity contribution in [1.82, 2.24) is 4.90 Å². The first kappa shape index (κ1) is 14.7. The fourth-order valence-corrected chi connectivity index (χ4v) is 1.85. The van der Waals surface area contributed by atoms with Gasteiger partial charge in [-0.05, 0) is 31.7 Å². The van der Waals surface area contributed by atoms with Crippen LogP contribution in [-0.4, -0.2) is 29.9 Å². The molecule has 0 saturated carbocycles. The number of aryl methyl sites for hydroxylation is 1. The van der Waals surface area contributed by atoms with Crippen molar-refractivity contribution in [2.75, 3.05) is 13.6 Å². The molecule has 0 aliphatic carbocycles. The Balaban J connectivity index is 2.38. The number of nitrogens with zero attached hydrogens (tertiary/aromatic N) is 1. The minimum Gasteiger partial charge on any atom is -0.344 e. The lowest BCUT2D eigenvalue weighted by molar-refractivity contribution is -0.135. The van der Waals surface area contributed by atoms with Crippen LogP contribution < -0.4 is 5.73 Å². The Kier molecular flexibility index (Phi) is 5.35. The van der Waals surface area contributed by atoms with E-state index >= 15 is 0 Å². The standard InChI is InChI=1S/C15H24N2O/c1-4-15(2,16)14(18)17(3)12-8-11-13-9-6-5-7-10-13/h5-7,9-10H,4,8,11-12,16H2,1-3H3. The molecule has 0 aliphatic rings. The van der Waals surface area contributed by atoms with Crippen LogP contribution in [0.4, 0.5) is 0 Å². The van der Waals surface area contributed by atoms with Crippen molar-refractivity contribution in [2.24, 2.45) is 5.73 Å². The van der Waals surface area contributed by atoms with E-state index in [1.165, 1.54) is 5.56 Å². The molecule has 3 nitrogen and oxygen atoms in total. The SMILES string of the molecule is CCC(C)(N)C(=O)N(C)CCCc1ccccc1. The van der Waals surface area contributed by atoms with Crippen molar-refractivity contribution in [2.45, 2.75) is 38.6 Å². The lowest BCUT2D eigenvalue weighted by Gasteiger charge is -2.28. The van der Waals surface area contributed by atoms with Crippen molar-refractivity contribution in [3.05, 3.63) is 35.9 Å². The number of benzene rings is 1. The predicted octanol–water partition coefficient (Wildman–Crippen LogP) is 2.21. The van der Waals surface area contributed by atoms with E-state index in [2.05, 4.69) is 12.1 Å². The van der Waals surface area contributed by atoms with E-state index in [4.69, 9.17) is 5.73 Å². The highest BCUT2D eigenvalue weighted by atomic mass is 16.2. The van der Waals surface area contributed by atoms with Gasteiger partial charge in [0.1, 0.15) is 0 Å². The molecule has 0 radical (unpaired) electrons. The lowest BCUT2D eigenvalue weighted by atomic mass is 9.98.